The van der Waals surface area contributed by atoms with E-state index in [4.69, 9.17) is 4.74 Å². The lowest BCUT2D eigenvalue weighted by Crippen LogP contribution is -2.42. The van der Waals surface area contributed by atoms with Gasteiger partial charge in [-0.3, -0.25) is 19.3 Å². The third-order valence-electron chi connectivity index (χ3n) is 4.30. The number of hydrogen-bond acceptors (Lipinski definition) is 5. The van der Waals surface area contributed by atoms with Crippen molar-refractivity contribution in [2.75, 3.05) is 13.2 Å². The molecule has 2 atom stereocenters. The molecule has 26 heavy (non-hydrogen) atoms. The van der Waals surface area contributed by atoms with Crippen LogP contribution in [0.15, 0.2) is 30.3 Å². The number of carbonyl (C=O) groups excluding carboxylic acids is 4. The number of nitrogens with one attached hydrogen (secondary N) is 2. The molecule has 8 heteroatoms. The van der Waals surface area contributed by atoms with E-state index in [1.54, 1.807) is 37.3 Å². The van der Waals surface area contributed by atoms with Crippen LogP contribution in [-0.4, -0.2) is 47.9 Å². The monoisotopic (exact) mass is 361 g/mol. The number of urea groups is 1. The van der Waals surface area contributed by atoms with Gasteiger partial charge in [-0.1, -0.05) is 37.3 Å². The van der Waals surface area contributed by atoms with Crippen LogP contribution in [0.2, 0.25) is 0 Å². The van der Waals surface area contributed by atoms with Gasteiger partial charge in [-0.15, -0.1) is 0 Å². The Hall–Kier alpha value is -2.90. The fourth-order valence-electron chi connectivity index (χ4n) is 2.55. The van der Waals surface area contributed by atoms with E-state index in [0.717, 1.165) is 11.3 Å². The highest BCUT2D eigenvalue weighted by Gasteiger charge is 2.49. The van der Waals surface area contributed by atoms with E-state index in [-0.39, 0.29) is 6.04 Å². The third kappa shape index (κ3) is 4.19. The summed E-state index contributed by atoms with van der Waals surface area (Å²) in [5.74, 6) is -1.81. The van der Waals surface area contributed by atoms with Gasteiger partial charge in [0.1, 0.15) is 12.1 Å². The molecule has 0 unspecified atom stereocenters. The first-order valence-corrected chi connectivity index (χ1v) is 8.42. The summed E-state index contributed by atoms with van der Waals surface area (Å²) in [5, 5.41) is 5.26. The van der Waals surface area contributed by atoms with E-state index in [1.165, 1.54) is 0 Å². The van der Waals surface area contributed by atoms with E-state index in [0.29, 0.717) is 5.56 Å². The number of hydrogen-bond donors (Lipinski definition) is 2. The Labute approximate surface area is 151 Å². The van der Waals surface area contributed by atoms with Gasteiger partial charge in [-0.25, -0.2) is 4.79 Å². The minimum atomic E-state index is -1.24. The Balaban J connectivity index is 1.95. The third-order valence-corrected chi connectivity index (χ3v) is 4.30. The SMILES string of the molecule is CC[C@H](C)NC(=O)COC(=O)CN1C(=O)N[C@@](C)(c2ccccc2)C1=O. The average molecular weight is 361 g/mol. The minimum absolute atomic E-state index is 0.0290. The maximum absolute atomic E-state index is 12.7. The molecular weight excluding hydrogens is 338 g/mol. The van der Waals surface area contributed by atoms with Crippen molar-refractivity contribution < 1.29 is 23.9 Å². The first kappa shape index (κ1) is 19.4. The number of ether oxygens (including phenoxy) is 1. The number of carbonyl (C=O) groups is 4. The zero-order valence-electron chi connectivity index (χ0n) is 15.1. The molecule has 0 saturated carbocycles. The lowest BCUT2D eigenvalue weighted by atomic mass is 9.92. The van der Waals surface area contributed by atoms with Crippen LogP contribution in [-0.2, 0) is 24.7 Å². The lowest BCUT2D eigenvalue weighted by molar-refractivity contribution is -0.151. The van der Waals surface area contributed by atoms with Crippen LogP contribution in [0.1, 0.15) is 32.8 Å². The van der Waals surface area contributed by atoms with E-state index >= 15 is 0 Å². The van der Waals surface area contributed by atoms with Gasteiger partial charge in [0, 0.05) is 6.04 Å². The summed E-state index contributed by atoms with van der Waals surface area (Å²) in [7, 11) is 0. The predicted molar refractivity (Wildman–Crippen MR) is 92.9 cm³/mol. The fraction of sp³-hybridized carbons (Fsp3) is 0.444. The molecular formula is C18H23N3O5. The van der Waals surface area contributed by atoms with Crippen LogP contribution in [0, 0.1) is 0 Å². The van der Waals surface area contributed by atoms with Gasteiger partial charge in [-0.05, 0) is 25.8 Å². The number of amides is 4. The molecule has 1 aliphatic rings. The van der Waals surface area contributed by atoms with Crippen molar-refractivity contribution in [3.05, 3.63) is 35.9 Å². The normalized spacial score (nSPS) is 20.5. The molecule has 1 aromatic rings. The Kier molecular flexibility index (Phi) is 5.97. The molecule has 140 valence electrons. The summed E-state index contributed by atoms with van der Waals surface area (Å²) >= 11 is 0. The fourth-order valence-corrected chi connectivity index (χ4v) is 2.55. The van der Waals surface area contributed by atoms with Crippen LogP contribution >= 0.6 is 0 Å². The van der Waals surface area contributed by atoms with E-state index < -0.39 is 42.5 Å². The molecule has 1 saturated heterocycles. The van der Waals surface area contributed by atoms with Crippen molar-refractivity contribution in [3.63, 3.8) is 0 Å². The molecule has 1 aromatic carbocycles. The summed E-state index contributed by atoms with van der Waals surface area (Å²) < 4.78 is 4.86. The molecule has 0 aliphatic carbocycles. The molecule has 1 aliphatic heterocycles. The zero-order chi connectivity index (χ0) is 19.3. The lowest BCUT2D eigenvalue weighted by Gasteiger charge is -2.21. The van der Waals surface area contributed by atoms with Crippen molar-refractivity contribution in [1.29, 1.82) is 0 Å². The highest BCUT2D eigenvalue weighted by molar-refractivity contribution is 6.08. The van der Waals surface area contributed by atoms with Gasteiger partial charge >= 0.3 is 12.0 Å². The average Bonchev–Trinajstić information content (AvgIpc) is 2.84. The number of rotatable bonds is 7. The van der Waals surface area contributed by atoms with E-state index in [1.807, 2.05) is 13.8 Å². The summed E-state index contributed by atoms with van der Waals surface area (Å²) in [5.41, 5.74) is -0.630. The molecule has 2 N–H and O–H groups in total. The summed E-state index contributed by atoms with van der Waals surface area (Å²) in [6.07, 6.45) is 0.750. The quantitative estimate of drug-likeness (QED) is 0.555. The van der Waals surface area contributed by atoms with Crippen molar-refractivity contribution in [2.45, 2.75) is 38.8 Å². The molecule has 2 rings (SSSR count). The molecule has 1 fully saturated rings. The maximum Gasteiger partial charge on any atom is 0.326 e. The molecule has 1 heterocycles. The highest BCUT2D eigenvalue weighted by Crippen LogP contribution is 2.28. The van der Waals surface area contributed by atoms with Gasteiger partial charge in [-0.2, -0.15) is 0 Å². The minimum Gasteiger partial charge on any atom is -0.454 e. The second-order valence-corrected chi connectivity index (χ2v) is 6.35. The first-order chi connectivity index (χ1) is 12.3. The van der Waals surface area contributed by atoms with Crippen LogP contribution in [0.3, 0.4) is 0 Å². The Morgan fingerprint density at radius 2 is 1.92 bits per heavy atom. The summed E-state index contributed by atoms with van der Waals surface area (Å²) in [6.45, 7) is 4.32. The summed E-state index contributed by atoms with van der Waals surface area (Å²) in [4.78, 5) is 49.1. The summed E-state index contributed by atoms with van der Waals surface area (Å²) in [6, 6.07) is 8.05. The topological polar surface area (TPSA) is 105 Å². The standard InChI is InChI=1S/C18H23N3O5/c1-4-12(2)19-14(22)11-26-15(23)10-21-16(24)18(3,20-17(21)25)13-8-6-5-7-9-13/h5-9,12H,4,10-11H2,1-3H3,(H,19,22)(H,20,25)/t12-,18-/m0/s1. The Bertz CT molecular complexity index is 706. The number of esters is 1. The molecule has 8 nitrogen and oxygen atoms in total. The molecule has 0 bridgehead atoms. The predicted octanol–water partition coefficient (Wildman–Crippen LogP) is 0.911. The second kappa shape index (κ2) is 7.99. The van der Waals surface area contributed by atoms with Gasteiger partial charge in [0.2, 0.25) is 0 Å². The Morgan fingerprint density at radius 3 is 2.54 bits per heavy atom. The van der Waals surface area contributed by atoms with Crippen molar-refractivity contribution >= 4 is 23.8 Å². The smallest absolute Gasteiger partial charge is 0.326 e. The van der Waals surface area contributed by atoms with Crippen molar-refractivity contribution in [2.24, 2.45) is 0 Å². The van der Waals surface area contributed by atoms with Gasteiger partial charge in [0.25, 0.3) is 11.8 Å². The number of benzene rings is 1. The first-order valence-electron chi connectivity index (χ1n) is 8.42. The number of nitrogens with zero attached hydrogens (tertiary/aromatic N) is 1. The van der Waals surface area contributed by atoms with Crippen LogP contribution in [0.4, 0.5) is 4.79 Å². The van der Waals surface area contributed by atoms with E-state index in [9.17, 15) is 19.2 Å². The van der Waals surface area contributed by atoms with Crippen LogP contribution in [0.5, 0.6) is 0 Å². The van der Waals surface area contributed by atoms with Crippen LogP contribution in [0.25, 0.3) is 0 Å². The largest absolute Gasteiger partial charge is 0.454 e. The van der Waals surface area contributed by atoms with Crippen molar-refractivity contribution in [3.8, 4) is 0 Å². The van der Waals surface area contributed by atoms with Crippen molar-refractivity contribution in [1.82, 2.24) is 15.5 Å². The number of imide groups is 1. The molecule has 0 radical (unpaired) electrons. The molecule has 0 aromatic heterocycles. The van der Waals surface area contributed by atoms with Gasteiger partial charge in [0.05, 0.1) is 0 Å². The van der Waals surface area contributed by atoms with Gasteiger partial charge in [0.15, 0.2) is 6.61 Å². The molecule has 0 spiro atoms. The highest BCUT2D eigenvalue weighted by atomic mass is 16.5. The maximum atomic E-state index is 12.7. The van der Waals surface area contributed by atoms with Gasteiger partial charge < -0.3 is 15.4 Å². The second-order valence-electron chi connectivity index (χ2n) is 6.35. The van der Waals surface area contributed by atoms with Crippen LogP contribution < -0.4 is 10.6 Å². The van der Waals surface area contributed by atoms with E-state index in [2.05, 4.69) is 10.6 Å². The molecule has 4 amide bonds. The Morgan fingerprint density at radius 1 is 1.27 bits per heavy atom. The zero-order valence-corrected chi connectivity index (χ0v) is 15.1.